The number of carbonyl (C=O) groups is 1. The van der Waals surface area contributed by atoms with Crippen molar-refractivity contribution in [2.75, 3.05) is 0 Å². The molecule has 0 aromatic carbocycles. The lowest BCUT2D eigenvalue weighted by Gasteiger charge is -2.29. The molecule has 1 aromatic rings. The van der Waals surface area contributed by atoms with Gasteiger partial charge in [0.15, 0.2) is 5.82 Å². The summed E-state index contributed by atoms with van der Waals surface area (Å²) in [5.41, 5.74) is 5.13. The van der Waals surface area contributed by atoms with Crippen molar-refractivity contribution in [3.63, 3.8) is 0 Å². The van der Waals surface area contributed by atoms with Gasteiger partial charge in [-0.15, -0.1) is 0 Å². The predicted molar refractivity (Wildman–Crippen MR) is 73.1 cm³/mol. The molecule has 0 radical (unpaired) electrons. The third-order valence-corrected chi connectivity index (χ3v) is 4.07. The molecule has 0 atom stereocenters. The van der Waals surface area contributed by atoms with Crippen LogP contribution in [0.1, 0.15) is 44.3 Å². The Balaban J connectivity index is 2.05. The molecule has 0 unspecified atom stereocenters. The number of amides is 1. The van der Waals surface area contributed by atoms with Gasteiger partial charge in [-0.2, -0.15) is 4.98 Å². The Morgan fingerprint density at radius 2 is 2.11 bits per heavy atom. The van der Waals surface area contributed by atoms with E-state index in [1.165, 1.54) is 6.39 Å². The second-order valence-corrected chi connectivity index (χ2v) is 5.33. The number of thiocarbonyl (C=S) groups is 1. The summed E-state index contributed by atoms with van der Waals surface area (Å²) in [4.78, 5) is 16.6. The second-order valence-electron chi connectivity index (χ2n) is 4.89. The van der Waals surface area contributed by atoms with E-state index in [4.69, 9.17) is 18.0 Å². The zero-order chi connectivity index (χ0) is 13.7. The molecule has 1 amide bonds. The average molecular weight is 282 g/mol. The number of carbonyl (C=O) groups excluding carboxylic acids is 1. The quantitative estimate of drug-likeness (QED) is 0.639. The molecule has 7 heteroatoms. The number of nitrogens with zero attached hydrogens (tertiary/aromatic N) is 2. The maximum absolute atomic E-state index is 12.4. The van der Waals surface area contributed by atoms with Crippen LogP contribution in [0.4, 0.5) is 0 Å². The van der Waals surface area contributed by atoms with Crippen molar-refractivity contribution in [2.24, 2.45) is 11.1 Å². The van der Waals surface area contributed by atoms with E-state index >= 15 is 0 Å². The van der Waals surface area contributed by atoms with Gasteiger partial charge in [0.1, 0.15) is 0 Å². The van der Waals surface area contributed by atoms with Crippen LogP contribution < -0.4 is 11.1 Å². The van der Waals surface area contributed by atoms with Gasteiger partial charge in [0, 0.05) is 0 Å². The molecule has 1 aliphatic rings. The number of hydrogen-bond acceptors (Lipinski definition) is 5. The van der Waals surface area contributed by atoms with E-state index in [2.05, 4.69) is 20.0 Å². The minimum absolute atomic E-state index is 0.119. The summed E-state index contributed by atoms with van der Waals surface area (Å²) in [6, 6.07) is 0. The van der Waals surface area contributed by atoms with Crippen LogP contribution in [0, 0.1) is 5.41 Å². The van der Waals surface area contributed by atoms with E-state index in [1.807, 2.05) is 0 Å². The molecular formula is C12H18N4O2S. The smallest absolute Gasteiger partial charge is 0.233 e. The van der Waals surface area contributed by atoms with Gasteiger partial charge < -0.3 is 15.6 Å². The Labute approximate surface area is 117 Å². The van der Waals surface area contributed by atoms with Crippen molar-refractivity contribution in [3.05, 3.63) is 12.2 Å². The lowest BCUT2D eigenvalue weighted by atomic mass is 9.79. The lowest BCUT2D eigenvalue weighted by molar-refractivity contribution is -0.128. The molecule has 1 fully saturated rings. The summed E-state index contributed by atoms with van der Waals surface area (Å²) < 4.78 is 4.62. The van der Waals surface area contributed by atoms with Crippen molar-refractivity contribution < 1.29 is 9.32 Å². The van der Waals surface area contributed by atoms with Crippen LogP contribution >= 0.6 is 12.2 Å². The largest absolute Gasteiger partial charge is 0.392 e. The molecule has 0 bridgehead atoms. The first kappa shape index (κ1) is 13.9. The van der Waals surface area contributed by atoms with Gasteiger partial charge in [-0.1, -0.05) is 43.1 Å². The maximum atomic E-state index is 12.4. The number of nitrogens with two attached hydrogens (primary N) is 1. The zero-order valence-electron chi connectivity index (χ0n) is 10.7. The highest BCUT2D eigenvalue weighted by Crippen LogP contribution is 2.35. The highest BCUT2D eigenvalue weighted by atomic mass is 32.1. The monoisotopic (exact) mass is 282 g/mol. The SMILES string of the molecule is NC(=S)C1(C(=O)NCc2ncon2)CCCCCC1. The number of hydrogen-bond donors (Lipinski definition) is 2. The molecule has 19 heavy (non-hydrogen) atoms. The Morgan fingerprint density at radius 3 is 2.63 bits per heavy atom. The van der Waals surface area contributed by atoms with Gasteiger partial charge in [0.2, 0.25) is 12.3 Å². The van der Waals surface area contributed by atoms with Crippen LogP contribution in [0.5, 0.6) is 0 Å². The van der Waals surface area contributed by atoms with Gasteiger partial charge >= 0.3 is 0 Å². The van der Waals surface area contributed by atoms with Crippen LogP contribution in [0.25, 0.3) is 0 Å². The standard InChI is InChI=1S/C12H18N4O2S/c13-10(19)12(5-3-1-2-4-6-12)11(17)14-7-9-15-8-18-16-9/h8H,1-7H2,(H2,13,19)(H,14,17). The molecule has 0 saturated heterocycles. The summed E-state index contributed by atoms with van der Waals surface area (Å²) in [5.74, 6) is 0.326. The van der Waals surface area contributed by atoms with Crippen molar-refractivity contribution in [1.82, 2.24) is 15.5 Å². The summed E-state index contributed by atoms with van der Waals surface area (Å²) in [5, 5.41) is 6.47. The van der Waals surface area contributed by atoms with Crippen molar-refractivity contribution in [1.29, 1.82) is 0 Å². The van der Waals surface area contributed by atoms with E-state index < -0.39 is 5.41 Å². The van der Waals surface area contributed by atoms with Gasteiger partial charge in [0.05, 0.1) is 16.9 Å². The van der Waals surface area contributed by atoms with Crippen LogP contribution in [0.15, 0.2) is 10.9 Å². The Morgan fingerprint density at radius 1 is 1.42 bits per heavy atom. The normalized spacial score (nSPS) is 18.5. The molecule has 1 heterocycles. The zero-order valence-corrected chi connectivity index (χ0v) is 11.5. The summed E-state index contributed by atoms with van der Waals surface area (Å²) in [6.45, 7) is 0.236. The van der Waals surface area contributed by atoms with Crippen molar-refractivity contribution >= 4 is 23.1 Å². The second kappa shape index (κ2) is 6.10. The van der Waals surface area contributed by atoms with E-state index in [1.54, 1.807) is 0 Å². The van der Waals surface area contributed by atoms with Gasteiger partial charge in [-0.25, -0.2) is 0 Å². The third-order valence-electron chi connectivity index (χ3n) is 3.68. The van der Waals surface area contributed by atoms with E-state index in [0.717, 1.165) is 38.5 Å². The minimum atomic E-state index is -0.713. The Bertz CT molecular complexity index is 439. The first-order chi connectivity index (χ1) is 9.15. The summed E-state index contributed by atoms with van der Waals surface area (Å²) in [7, 11) is 0. The highest BCUT2D eigenvalue weighted by molar-refractivity contribution is 7.80. The average Bonchev–Trinajstić information content (AvgIpc) is 2.78. The summed E-state index contributed by atoms with van der Waals surface area (Å²) >= 11 is 5.15. The molecule has 6 nitrogen and oxygen atoms in total. The first-order valence-electron chi connectivity index (χ1n) is 6.48. The Hall–Kier alpha value is -1.50. The molecule has 2 rings (SSSR count). The summed E-state index contributed by atoms with van der Waals surface area (Å²) in [6.07, 6.45) is 6.89. The molecule has 104 valence electrons. The molecular weight excluding hydrogens is 264 g/mol. The predicted octanol–water partition coefficient (Wildman–Crippen LogP) is 1.31. The van der Waals surface area contributed by atoms with E-state index in [9.17, 15) is 4.79 Å². The van der Waals surface area contributed by atoms with E-state index in [-0.39, 0.29) is 12.5 Å². The molecule has 0 aliphatic heterocycles. The minimum Gasteiger partial charge on any atom is -0.392 e. The third kappa shape index (κ3) is 3.09. The van der Waals surface area contributed by atoms with Gasteiger partial charge in [-0.05, 0) is 12.8 Å². The maximum Gasteiger partial charge on any atom is 0.233 e. The van der Waals surface area contributed by atoms with Crippen molar-refractivity contribution in [3.8, 4) is 0 Å². The van der Waals surface area contributed by atoms with Gasteiger partial charge in [0.25, 0.3) is 0 Å². The highest BCUT2D eigenvalue weighted by Gasteiger charge is 2.41. The number of aromatic nitrogens is 2. The van der Waals surface area contributed by atoms with Crippen LogP contribution in [-0.2, 0) is 11.3 Å². The number of rotatable bonds is 4. The molecule has 0 spiro atoms. The fourth-order valence-corrected chi connectivity index (χ4v) is 2.81. The molecule has 3 N–H and O–H groups in total. The Kier molecular flexibility index (Phi) is 4.47. The molecule has 1 saturated carbocycles. The van der Waals surface area contributed by atoms with E-state index in [0.29, 0.717) is 10.8 Å². The van der Waals surface area contributed by atoms with Crippen LogP contribution in [0.3, 0.4) is 0 Å². The van der Waals surface area contributed by atoms with Crippen LogP contribution in [0.2, 0.25) is 0 Å². The fourth-order valence-electron chi connectivity index (χ4n) is 2.52. The first-order valence-corrected chi connectivity index (χ1v) is 6.89. The van der Waals surface area contributed by atoms with Crippen LogP contribution in [-0.4, -0.2) is 21.0 Å². The molecule has 1 aromatic heterocycles. The number of nitrogens with one attached hydrogen (secondary N) is 1. The van der Waals surface area contributed by atoms with Crippen molar-refractivity contribution in [2.45, 2.75) is 45.1 Å². The topological polar surface area (TPSA) is 94.0 Å². The lowest BCUT2D eigenvalue weighted by Crippen LogP contribution is -2.48. The van der Waals surface area contributed by atoms with Gasteiger partial charge in [-0.3, -0.25) is 4.79 Å². The fraction of sp³-hybridized carbons (Fsp3) is 0.667. The molecule has 1 aliphatic carbocycles.